The normalized spacial score (nSPS) is 21.4. The second-order valence-electron chi connectivity index (χ2n) is 4.60. The van der Waals surface area contributed by atoms with Gasteiger partial charge in [-0.05, 0) is 43.4 Å². The molecule has 2 N–H and O–H groups in total. The van der Waals surface area contributed by atoms with Crippen molar-refractivity contribution in [1.82, 2.24) is 0 Å². The molecule has 0 aromatic heterocycles. The molecule has 1 aliphatic rings. The lowest BCUT2D eigenvalue weighted by Crippen LogP contribution is -2.34. The van der Waals surface area contributed by atoms with Crippen molar-refractivity contribution in [2.24, 2.45) is 5.73 Å². The summed E-state index contributed by atoms with van der Waals surface area (Å²) in [5.74, 6) is 0.900. The molecule has 94 valence electrons. The first-order valence-corrected chi connectivity index (χ1v) is 6.29. The topological polar surface area (TPSA) is 44.5 Å². The van der Waals surface area contributed by atoms with E-state index in [-0.39, 0.29) is 12.1 Å². The van der Waals surface area contributed by atoms with Crippen molar-refractivity contribution in [2.75, 3.05) is 13.7 Å². The van der Waals surface area contributed by atoms with Crippen molar-refractivity contribution < 1.29 is 9.47 Å². The second-order valence-corrected chi connectivity index (χ2v) is 4.60. The van der Waals surface area contributed by atoms with Crippen LogP contribution >= 0.6 is 0 Å². The van der Waals surface area contributed by atoms with E-state index in [0.717, 1.165) is 38.0 Å². The highest BCUT2D eigenvalue weighted by atomic mass is 16.5. The smallest absolute Gasteiger partial charge is 0.118 e. The van der Waals surface area contributed by atoms with Crippen molar-refractivity contribution in [3.8, 4) is 5.75 Å². The molecule has 0 bridgehead atoms. The van der Waals surface area contributed by atoms with Crippen LogP contribution in [0.2, 0.25) is 0 Å². The largest absolute Gasteiger partial charge is 0.497 e. The molecule has 3 nitrogen and oxygen atoms in total. The molecule has 0 amide bonds. The predicted octanol–water partition coefficient (Wildman–Crippen LogP) is 2.13. The Bertz CT molecular complexity index is 331. The minimum absolute atomic E-state index is 0.166. The molecule has 2 atom stereocenters. The van der Waals surface area contributed by atoms with Crippen LogP contribution in [0.5, 0.6) is 5.75 Å². The third-order valence-corrected chi connectivity index (χ3v) is 3.37. The molecule has 1 aromatic carbocycles. The Kier molecular flexibility index (Phi) is 4.40. The molecular formula is C14H21NO2. The fourth-order valence-electron chi connectivity index (χ4n) is 2.25. The van der Waals surface area contributed by atoms with Crippen LogP contribution in [0.3, 0.4) is 0 Å². The molecule has 1 saturated heterocycles. The highest BCUT2D eigenvalue weighted by Gasteiger charge is 2.22. The summed E-state index contributed by atoms with van der Waals surface area (Å²) in [7, 11) is 1.68. The Hall–Kier alpha value is -1.06. The van der Waals surface area contributed by atoms with Gasteiger partial charge in [-0.2, -0.15) is 0 Å². The van der Waals surface area contributed by atoms with Crippen molar-refractivity contribution in [2.45, 2.75) is 37.8 Å². The van der Waals surface area contributed by atoms with E-state index in [0.29, 0.717) is 0 Å². The van der Waals surface area contributed by atoms with E-state index >= 15 is 0 Å². The van der Waals surface area contributed by atoms with Gasteiger partial charge in [0.25, 0.3) is 0 Å². The maximum absolute atomic E-state index is 6.13. The van der Waals surface area contributed by atoms with Crippen molar-refractivity contribution in [3.05, 3.63) is 29.8 Å². The van der Waals surface area contributed by atoms with E-state index in [2.05, 4.69) is 12.1 Å². The van der Waals surface area contributed by atoms with Gasteiger partial charge < -0.3 is 15.2 Å². The molecule has 2 rings (SSSR count). The number of rotatable bonds is 5. The monoisotopic (exact) mass is 235 g/mol. The summed E-state index contributed by atoms with van der Waals surface area (Å²) in [6, 6.07) is 8.35. The van der Waals surface area contributed by atoms with Crippen LogP contribution in [0.1, 0.15) is 24.8 Å². The molecule has 0 saturated carbocycles. The Morgan fingerprint density at radius 2 is 2.18 bits per heavy atom. The van der Waals surface area contributed by atoms with Gasteiger partial charge >= 0.3 is 0 Å². The lowest BCUT2D eigenvalue weighted by Gasteiger charge is -2.18. The van der Waals surface area contributed by atoms with Gasteiger partial charge in [0.05, 0.1) is 13.2 Å². The minimum Gasteiger partial charge on any atom is -0.497 e. The van der Waals surface area contributed by atoms with Gasteiger partial charge in [0.1, 0.15) is 5.75 Å². The van der Waals surface area contributed by atoms with Gasteiger partial charge in [-0.3, -0.25) is 0 Å². The van der Waals surface area contributed by atoms with Crippen LogP contribution in [0, 0.1) is 0 Å². The zero-order chi connectivity index (χ0) is 12.1. The quantitative estimate of drug-likeness (QED) is 0.850. The van der Waals surface area contributed by atoms with Crippen molar-refractivity contribution in [1.29, 1.82) is 0 Å². The molecule has 0 aliphatic carbocycles. The number of aryl methyl sites for hydroxylation is 1. The number of hydrogen-bond acceptors (Lipinski definition) is 3. The molecule has 1 heterocycles. The summed E-state index contributed by atoms with van der Waals surface area (Å²) >= 11 is 0. The van der Waals surface area contributed by atoms with Gasteiger partial charge in [0.15, 0.2) is 0 Å². The third-order valence-electron chi connectivity index (χ3n) is 3.37. The van der Waals surface area contributed by atoms with E-state index in [4.69, 9.17) is 15.2 Å². The van der Waals surface area contributed by atoms with Crippen LogP contribution in [0.4, 0.5) is 0 Å². The van der Waals surface area contributed by atoms with E-state index in [9.17, 15) is 0 Å². The van der Waals surface area contributed by atoms with Crippen LogP contribution in [-0.4, -0.2) is 25.9 Å². The van der Waals surface area contributed by atoms with E-state index in [1.807, 2.05) is 12.1 Å². The van der Waals surface area contributed by atoms with Gasteiger partial charge in [-0.25, -0.2) is 0 Å². The average Bonchev–Trinajstić information content (AvgIpc) is 2.90. The van der Waals surface area contributed by atoms with E-state index < -0.39 is 0 Å². The summed E-state index contributed by atoms with van der Waals surface area (Å²) in [6.45, 7) is 0.876. The van der Waals surface area contributed by atoms with Gasteiger partial charge in [0, 0.05) is 12.6 Å². The fourth-order valence-corrected chi connectivity index (χ4v) is 2.25. The molecule has 1 aliphatic heterocycles. The van der Waals surface area contributed by atoms with Crippen LogP contribution < -0.4 is 10.5 Å². The van der Waals surface area contributed by atoms with Crippen LogP contribution in [-0.2, 0) is 11.2 Å². The molecule has 17 heavy (non-hydrogen) atoms. The van der Waals surface area contributed by atoms with Gasteiger partial charge in [0.2, 0.25) is 0 Å². The standard InChI is InChI=1S/C14H21NO2/c1-16-12-7-4-11(5-8-12)6-9-13(15)14-3-2-10-17-14/h4-5,7-8,13-14H,2-3,6,9-10,15H2,1H3. The SMILES string of the molecule is COc1ccc(CCC(N)C2CCCO2)cc1. The molecular weight excluding hydrogens is 214 g/mol. The Balaban J connectivity index is 1.80. The second kappa shape index (κ2) is 6.03. The first kappa shape index (κ1) is 12.4. The Morgan fingerprint density at radius 3 is 2.76 bits per heavy atom. The first-order valence-electron chi connectivity index (χ1n) is 6.29. The molecule has 1 aromatic rings. The maximum Gasteiger partial charge on any atom is 0.118 e. The van der Waals surface area contributed by atoms with Crippen molar-refractivity contribution in [3.63, 3.8) is 0 Å². The highest BCUT2D eigenvalue weighted by molar-refractivity contribution is 5.27. The maximum atomic E-state index is 6.13. The lowest BCUT2D eigenvalue weighted by atomic mass is 10.0. The first-order chi connectivity index (χ1) is 8.29. The van der Waals surface area contributed by atoms with Crippen LogP contribution in [0.25, 0.3) is 0 Å². The summed E-state index contributed by atoms with van der Waals surface area (Å²) in [5.41, 5.74) is 7.44. The van der Waals surface area contributed by atoms with Gasteiger partial charge in [-0.15, -0.1) is 0 Å². The Labute approximate surface area is 103 Å². The van der Waals surface area contributed by atoms with E-state index in [1.165, 1.54) is 5.56 Å². The predicted molar refractivity (Wildman–Crippen MR) is 68.3 cm³/mol. The summed E-state index contributed by atoms with van der Waals surface area (Å²) < 4.78 is 10.7. The number of benzene rings is 1. The molecule has 2 unspecified atom stereocenters. The van der Waals surface area contributed by atoms with E-state index in [1.54, 1.807) is 7.11 Å². The molecule has 3 heteroatoms. The highest BCUT2D eigenvalue weighted by Crippen LogP contribution is 2.18. The fraction of sp³-hybridized carbons (Fsp3) is 0.571. The van der Waals surface area contributed by atoms with Crippen molar-refractivity contribution >= 4 is 0 Å². The summed E-state index contributed by atoms with van der Waals surface area (Å²) in [5, 5.41) is 0. The number of hydrogen-bond donors (Lipinski definition) is 1. The number of ether oxygens (including phenoxy) is 2. The van der Waals surface area contributed by atoms with Gasteiger partial charge in [-0.1, -0.05) is 12.1 Å². The summed E-state index contributed by atoms with van der Waals surface area (Å²) in [4.78, 5) is 0. The Morgan fingerprint density at radius 1 is 1.41 bits per heavy atom. The summed E-state index contributed by atoms with van der Waals surface area (Å²) in [6.07, 6.45) is 4.53. The zero-order valence-corrected chi connectivity index (χ0v) is 10.4. The zero-order valence-electron chi connectivity index (χ0n) is 10.4. The average molecular weight is 235 g/mol. The number of methoxy groups -OCH3 is 1. The minimum atomic E-state index is 0.166. The third kappa shape index (κ3) is 3.45. The molecule has 0 radical (unpaired) electrons. The van der Waals surface area contributed by atoms with Crippen LogP contribution in [0.15, 0.2) is 24.3 Å². The lowest BCUT2D eigenvalue weighted by molar-refractivity contribution is 0.0877. The molecule has 0 spiro atoms. The molecule has 1 fully saturated rings. The number of nitrogens with two attached hydrogens (primary N) is 1.